The molecule has 1 nitrogen and oxygen atoms in total. The predicted molar refractivity (Wildman–Crippen MR) is 103 cm³/mol. The zero-order chi connectivity index (χ0) is 16.8. The molecule has 0 bridgehead atoms. The molecule has 22 heavy (non-hydrogen) atoms. The van der Waals surface area contributed by atoms with E-state index in [2.05, 4.69) is 22.9 Å². The highest BCUT2D eigenvalue weighted by Gasteiger charge is 2.27. The van der Waals surface area contributed by atoms with Crippen molar-refractivity contribution in [2.24, 2.45) is 5.41 Å². The lowest BCUT2D eigenvalue weighted by Crippen LogP contribution is -2.28. The van der Waals surface area contributed by atoms with Gasteiger partial charge in [-0.3, -0.25) is 4.79 Å². The second-order valence-corrected chi connectivity index (χ2v) is 8.86. The molecule has 0 spiro atoms. The summed E-state index contributed by atoms with van der Waals surface area (Å²) < 4.78 is 0. The minimum atomic E-state index is -0.217. The zero-order valence-corrected chi connectivity index (χ0v) is 17.1. The van der Waals surface area contributed by atoms with E-state index < -0.39 is 0 Å². The first-order valence-corrected chi connectivity index (χ1v) is 10.5. The molecule has 0 aromatic rings. The summed E-state index contributed by atoms with van der Waals surface area (Å²) in [6, 6.07) is 0. The fraction of sp³-hybridized carbons (Fsp3) is 0.950. The molecule has 0 aromatic heterocycles. The van der Waals surface area contributed by atoms with Crippen LogP contribution in [0, 0.1) is 5.41 Å². The van der Waals surface area contributed by atoms with Gasteiger partial charge >= 0.3 is 0 Å². The zero-order valence-electron chi connectivity index (χ0n) is 15.6. The highest BCUT2D eigenvalue weighted by Crippen LogP contribution is 2.24. The summed E-state index contributed by atoms with van der Waals surface area (Å²) in [5.74, 6) is 0.343. The predicted octanol–water partition coefficient (Wildman–Crippen LogP) is 7.46. The molecule has 0 aliphatic rings. The number of ketones is 1. The maximum absolute atomic E-state index is 12.1. The minimum Gasteiger partial charge on any atom is -0.298 e. The molecule has 0 amide bonds. The van der Waals surface area contributed by atoms with Crippen LogP contribution < -0.4 is 0 Å². The van der Waals surface area contributed by atoms with Gasteiger partial charge in [0, 0.05) is 5.41 Å². The SMILES string of the molecule is CCCCCCCCCCCCCCC(Br)C(=O)C(C)(C)C. The average molecular weight is 375 g/mol. The van der Waals surface area contributed by atoms with Crippen molar-refractivity contribution in [2.45, 2.75) is 116 Å². The van der Waals surface area contributed by atoms with Crippen molar-refractivity contribution in [2.75, 3.05) is 0 Å². The summed E-state index contributed by atoms with van der Waals surface area (Å²) in [4.78, 5) is 12.1. The number of halogens is 1. The van der Waals surface area contributed by atoms with E-state index >= 15 is 0 Å². The Hall–Kier alpha value is 0.150. The summed E-state index contributed by atoms with van der Waals surface area (Å²) in [5.41, 5.74) is -0.217. The minimum absolute atomic E-state index is 0.0515. The molecular formula is C20H39BrO. The highest BCUT2D eigenvalue weighted by atomic mass is 79.9. The first-order valence-electron chi connectivity index (χ1n) is 9.58. The smallest absolute Gasteiger partial charge is 0.151 e. The third kappa shape index (κ3) is 12.7. The number of hydrogen-bond donors (Lipinski definition) is 0. The molecule has 0 rings (SSSR count). The Balaban J connectivity index is 3.32. The van der Waals surface area contributed by atoms with Crippen molar-refractivity contribution in [3.8, 4) is 0 Å². The Morgan fingerprint density at radius 2 is 1.14 bits per heavy atom. The maximum atomic E-state index is 12.1. The molecule has 0 radical (unpaired) electrons. The van der Waals surface area contributed by atoms with Crippen LogP contribution in [-0.2, 0) is 4.79 Å². The van der Waals surface area contributed by atoms with E-state index in [0.29, 0.717) is 5.78 Å². The van der Waals surface area contributed by atoms with Crippen LogP contribution in [0.5, 0.6) is 0 Å². The number of Topliss-reactive ketones (excluding diaryl/α,β-unsaturated/α-hetero) is 1. The van der Waals surface area contributed by atoms with E-state index in [0.717, 1.165) is 6.42 Å². The molecule has 0 aliphatic heterocycles. The lowest BCUT2D eigenvalue weighted by molar-refractivity contribution is -0.125. The average Bonchev–Trinajstić information content (AvgIpc) is 2.46. The van der Waals surface area contributed by atoms with E-state index in [1.54, 1.807) is 0 Å². The molecule has 0 fully saturated rings. The fourth-order valence-electron chi connectivity index (χ4n) is 2.77. The van der Waals surface area contributed by atoms with Gasteiger partial charge in [0.05, 0.1) is 4.83 Å². The van der Waals surface area contributed by atoms with Crippen LogP contribution in [0.2, 0.25) is 0 Å². The molecule has 132 valence electrons. The Morgan fingerprint density at radius 3 is 1.50 bits per heavy atom. The van der Waals surface area contributed by atoms with Crippen LogP contribution in [0.1, 0.15) is 111 Å². The van der Waals surface area contributed by atoms with Gasteiger partial charge in [-0.25, -0.2) is 0 Å². The van der Waals surface area contributed by atoms with Gasteiger partial charge in [0.15, 0.2) is 5.78 Å². The van der Waals surface area contributed by atoms with Gasteiger partial charge < -0.3 is 0 Å². The molecule has 0 saturated carbocycles. The van der Waals surface area contributed by atoms with Crippen LogP contribution >= 0.6 is 15.9 Å². The first-order chi connectivity index (χ1) is 10.4. The van der Waals surface area contributed by atoms with E-state index in [-0.39, 0.29) is 10.2 Å². The molecular weight excluding hydrogens is 336 g/mol. The molecule has 2 heteroatoms. The van der Waals surface area contributed by atoms with Crippen LogP contribution in [0.3, 0.4) is 0 Å². The highest BCUT2D eigenvalue weighted by molar-refractivity contribution is 9.10. The van der Waals surface area contributed by atoms with Gasteiger partial charge in [-0.2, -0.15) is 0 Å². The lowest BCUT2D eigenvalue weighted by Gasteiger charge is -2.20. The van der Waals surface area contributed by atoms with Gasteiger partial charge in [0.1, 0.15) is 0 Å². The quantitative estimate of drug-likeness (QED) is 0.227. The summed E-state index contributed by atoms with van der Waals surface area (Å²) in [5, 5.41) is 0. The van der Waals surface area contributed by atoms with E-state index in [9.17, 15) is 4.79 Å². The first kappa shape index (κ1) is 22.1. The largest absolute Gasteiger partial charge is 0.298 e. The number of carbonyl (C=O) groups excluding carboxylic acids is 1. The van der Waals surface area contributed by atoms with Crippen molar-refractivity contribution in [1.82, 2.24) is 0 Å². The number of rotatable bonds is 14. The second-order valence-electron chi connectivity index (χ2n) is 7.76. The van der Waals surface area contributed by atoms with Crippen molar-refractivity contribution in [1.29, 1.82) is 0 Å². The van der Waals surface area contributed by atoms with Crippen LogP contribution in [-0.4, -0.2) is 10.6 Å². The van der Waals surface area contributed by atoms with Gasteiger partial charge in [0.2, 0.25) is 0 Å². The van der Waals surface area contributed by atoms with E-state index in [1.807, 2.05) is 20.8 Å². The summed E-state index contributed by atoms with van der Waals surface area (Å²) in [7, 11) is 0. The lowest BCUT2D eigenvalue weighted by atomic mass is 9.87. The standard InChI is InChI=1S/C20H39BrO/c1-5-6-7-8-9-10-11-12-13-14-15-16-17-18(21)19(22)20(2,3)4/h18H,5-17H2,1-4H3. The number of alkyl halides is 1. The van der Waals surface area contributed by atoms with Crippen molar-refractivity contribution < 1.29 is 4.79 Å². The van der Waals surface area contributed by atoms with Crippen LogP contribution in [0.4, 0.5) is 0 Å². The Labute approximate surface area is 148 Å². The Kier molecular flexibility index (Phi) is 13.7. The van der Waals surface area contributed by atoms with Gasteiger partial charge in [-0.1, -0.05) is 121 Å². The molecule has 0 aliphatic carbocycles. The maximum Gasteiger partial charge on any atom is 0.151 e. The summed E-state index contributed by atoms with van der Waals surface area (Å²) in [6.45, 7) is 8.29. The monoisotopic (exact) mass is 374 g/mol. The van der Waals surface area contributed by atoms with Crippen molar-refractivity contribution >= 4 is 21.7 Å². The van der Waals surface area contributed by atoms with E-state index in [4.69, 9.17) is 0 Å². The third-order valence-corrected chi connectivity index (χ3v) is 5.21. The number of hydrogen-bond acceptors (Lipinski definition) is 1. The van der Waals surface area contributed by atoms with Crippen LogP contribution in [0.25, 0.3) is 0 Å². The molecule has 1 unspecified atom stereocenters. The molecule has 0 aromatic carbocycles. The Bertz CT molecular complexity index is 267. The number of carbonyl (C=O) groups is 1. The van der Waals surface area contributed by atoms with Crippen molar-refractivity contribution in [3.63, 3.8) is 0 Å². The van der Waals surface area contributed by atoms with Gasteiger partial charge in [0.25, 0.3) is 0 Å². The molecule has 0 N–H and O–H groups in total. The van der Waals surface area contributed by atoms with Gasteiger partial charge in [-0.05, 0) is 6.42 Å². The van der Waals surface area contributed by atoms with Gasteiger partial charge in [-0.15, -0.1) is 0 Å². The molecule has 0 heterocycles. The third-order valence-electron chi connectivity index (χ3n) is 4.33. The summed E-state index contributed by atoms with van der Waals surface area (Å²) in [6.07, 6.45) is 17.4. The fourth-order valence-corrected chi connectivity index (χ4v) is 3.78. The second kappa shape index (κ2) is 13.6. The van der Waals surface area contributed by atoms with E-state index in [1.165, 1.54) is 77.0 Å². The molecule has 0 saturated heterocycles. The molecule has 1 atom stereocenters. The summed E-state index contributed by atoms with van der Waals surface area (Å²) >= 11 is 3.56. The topological polar surface area (TPSA) is 17.1 Å². The van der Waals surface area contributed by atoms with Crippen LogP contribution in [0.15, 0.2) is 0 Å². The number of unbranched alkanes of at least 4 members (excludes halogenated alkanes) is 11. The Morgan fingerprint density at radius 1 is 0.773 bits per heavy atom. The normalized spacial score (nSPS) is 13.3. The van der Waals surface area contributed by atoms with Crippen molar-refractivity contribution in [3.05, 3.63) is 0 Å².